The zero-order chi connectivity index (χ0) is 15.5. The smallest absolute Gasteiger partial charge is 0.344 e. The molecule has 1 atom stereocenters. The summed E-state index contributed by atoms with van der Waals surface area (Å²) in [6, 6.07) is 0.456. The summed E-state index contributed by atoms with van der Waals surface area (Å²) in [6.07, 6.45) is -2.42. The first kappa shape index (κ1) is 16.4. The van der Waals surface area contributed by atoms with Gasteiger partial charge in [-0.05, 0) is 19.4 Å². The van der Waals surface area contributed by atoms with Crippen LogP contribution in [0, 0.1) is 0 Å². The third kappa shape index (κ3) is 4.04. The lowest BCUT2D eigenvalue weighted by Crippen LogP contribution is -2.50. The Morgan fingerprint density at radius 1 is 1.24 bits per heavy atom. The highest BCUT2D eigenvalue weighted by Crippen LogP contribution is 2.34. The van der Waals surface area contributed by atoms with E-state index in [1.807, 2.05) is 4.90 Å². The van der Waals surface area contributed by atoms with Gasteiger partial charge in [0, 0.05) is 32.2 Å². The second kappa shape index (κ2) is 6.89. The van der Waals surface area contributed by atoms with Gasteiger partial charge in [0.2, 0.25) is 10.1 Å². The van der Waals surface area contributed by atoms with Gasteiger partial charge in [-0.25, -0.2) is 0 Å². The third-order valence-electron chi connectivity index (χ3n) is 3.73. The Bertz CT molecular complexity index is 442. The van der Waals surface area contributed by atoms with Crippen molar-refractivity contribution in [2.45, 2.75) is 32.0 Å². The van der Waals surface area contributed by atoms with Crippen molar-refractivity contribution < 1.29 is 13.2 Å². The fourth-order valence-electron chi connectivity index (χ4n) is 2.57. The van der Waals surface area contributed by atoms with E-state index >= 15 is 0 Å². The standard InChI is InChI=1S/C12H20F3N5S/c1-2-9(3-4-16)19-5-7-20(8-6-19)11-18-17-10(21-11)12(13,14)15/h9H,2-8,16H2,1H3. The topological polar surface area (TPSA) is 58.3 Å². The summed E-state index contributed by atoms with van der Waals surface area (Å²) in [5.74, 6) is 0. The van der Waals surface area contributed by atoms with Crippen LogP contribution in [-0.2, 0) is 6.18 Å². The molecule has 9 heteroatoms. The van der Waals surface area contributed by atoms with E-state index in [0.717, 1.165) is 25.9 Å². The van der Waals surface area contributed by atoms with E-state index in [1.165, 1.54) is 0 Å². The van der Waals surface area contributed by atoms with Gasteiger partial charge >= 0.3 is 6.18 Å². The van der Waals surface area contributed by atoms with Gasteiger partial charge in [0.25, 0.3) is 0 Å². The molecular weight excluding hydrogens is 303 g/mol. The molecule has 120 valence electrons. The van der Waals surface area contributed by atoms with Crippen LogP contribution < -0.4 is 10.6 Å². The van der Waals surface area contributed by atoms with Crippen molar-refractivity contribution in [3.05, 3.63) is 5.01 Å². The second-order valence-corrected chi connectivity index (χ2v) is 6.01. The summed E-state index contributed by atoms with van der Waals surface area (Å²) in [4.78, 5) is 4.23. The number of rotatable bonds is 5. The Labute approximate surface area is 125 Å². The van der Waals surface area contributed by atoms with Gasteiger partial charge in [0.05, 0.1) is 0 Å². The van der Waals surface area contributed by atoms with Crippen molar-refractivity contribution in [2.24, 2.45) is 5.73 Å². The highest BCUT2D eigenvalue weighted by molar-refractivity contribution is 7.15. The minimum absolute atomic E-state index is 0.355. The maximum absolute atomic E-state index is 12.5. The van der Waals surface area contributed by atoms with Crippen LogP contribution in [0.25, 0.3) is 0 Å². The molecule has 1 fully saturated rings. The fourth-order valence-corrected chi connectivity index (χ4v) is 3.34. The third-order valence-corrected chi connectivity index (χ3v) is 4.76. The van der Waals surface area contributed by atoms with Gasteiger partial charge in [-0.2, -0.15) is 13.2 Å². The first-order valence-corrected chi connectivity index (χ1v) is 7.87. The Balaban J connectivity index is 1.93. The molecule has 0 spiro atoms. The molecule has 5 nitrogen and oxygen atoms in total. The number of aromatic nitrogens is 2. The minimum Gasteiger partial charge on any atom is -0.344 e. The van der Waals surface area contributed by atoms with Crippen LogP contribution in [0.2, 0.25) is 0 Å². The van der Waals surface area contributed by atoms with E-state index in [2.05, 4.69) is 22.0 Å². The SMILES string of the molecule is CCC(CCN)N1CCN(c2nnc(C(F)(F)F)s2)CC1. The largest absolute Gasteiger partial charge is 0.445 e. The van der Waals surface area contributed by atoms with Crippen LogP contribution in [0.3, 0.4) is 0 Å². The lowest BCUT2D eigenvalue weighted by atomic mass is 10.1. The molecule has 2 heterocycles. The maximum atomic E-state index is 12.5. The van der Waals surface area contributed by atoms with Crippen molar-refractivity contribution in [3.8, 4) is 0 Å². The number of hydrogen-bond donors (Lipinski definition) is 1. The molecule has 0 aliphatic carbocycles. The van der Waals surface area contributed by atoms with Crippen LogP contribution in [0.15, 0.2) is 0 Å². The number of alkyl halides is 3. The Morgan fingerprint density at radius 3 is 2.38 bits per heavy atom. The number of piperazine rings is 1. The van der Waals surface area contributed by atoms with Gasteiger partial charge in [0.15, 0.2) is 0 Å². The molecule has 0 amide bonds. The lowest BCUT2D eigenvalue weighted by Gasteiger charge is -2.38. The van der Waals surface area contributed by atoms with E-state index in [1.54, 1.807) is 0 Å². The van der Waals surface area contributed by atoms with Crippen LogP contribution in [0.4, 0.5) is 18.3 Å². The average molecular weight is 323 g/mol. The lowest BCUT2D eigenvalue weighted by molar-refractivity contribution is -0.138. The highest BCUT2D eigenvalue weighted by Gasteiger charge is 2.36. The molecule has 1 aliphatic heterocycles. The van der Waals surface area contributed by atoms with Gasteiger partial charge < -0.3 is 10.6 Å². The number of anilines is 1. The zero-order valence-corrected chi connectivity index (χ0v) is 12.8. The number of hydrogen-bond acceptors (Lipinski definition) is 6. The second-order valence-electron chi connectivity index (χ2n) is 5.05. The molecule has 1 unspecified atom stereocenters. The molecule has 1 aromatic rings. The molecule has 21 heavy (non-hydrogen) atoms. The molecular formula is C12H20F3N5S. The Hall–Kier alpha value is -0.930. The maximum Gasteiger partial charge on any atom is 0.445 e. The molecule has 1 aliphatic rings. The fraction of sp³-hybridized carbons (Fsp3) is 0.833. The van der Waals surface area contributed by atoms with E-state index in [0.29, 0.717) is 42.1 Å². The molecule has 2 N–H and O–H groups in total. The van der Waals surface area contributed by atoms with Gasteiger partial charge in [-0.3, -0.25) is 4.90 Å². The quantitative estimate of drug-likeness (QED) is 0.895. The van der Waals surface area contributed by atoms with Crippen molar-refractivity contribution in [1.29, 1.82) is 0 Å². The average Bonchev–Trinajstić information content (AvgIpc) is 2.95. The summed E-state index contributed by atoms with van der Waals surface area (Å²) in [6.45, 7) is 5.77. The zero-order valence-electron chi connectivity index (χ0n) is 11.9. The first-order chi connectivity index (χ1) is 9.95. The summed E-state index contributed by atoms with van der Waals surface area (Å²) in [7, 11) is 0. The molecule has 0 aromatic carbocycles. The van der Waals surface area contributed by atoms with E-state index in [9.17, 15) is 13.2 Å². The molecule has 1 saturated heterocycles. The monoisotopic (exact) mass is 323 g/mol. The number of halogens is 3. The van der Waals surface area contributed by atoms with E-state index in [-0.39, 0.29) is 0 Å². The highest BCUT2D eigenvalue weighted by atomic mass is 32.1. The van der Waals surface area contributed by atoms with Gasteiger partial charge in [-0.1, -0.05) is 18.3 Å². The normalized spacial score (nSPS) is 19.0. The summed E-state index contributed by atoms with van der Waals surface area (Å²) >= 11 is 0.612. The van der Waals surface area contributed by atoms with Gasteiger partial charge in [0.1, 0.15) is 0 Å². The first-order valence-electron chi connectivity index (χ1n) is 7.05. The van der Waals surface area contributed by atoms with Crippen molar-refractivity contribution >= 4 is 16.5 Å². The van der Waals surface area contributed by atoms with E-state index in [4.69, 9.17) is 5.73 Å². The minimum atomic E-state index is -4.41. The van der Waals surface area contributed by atoms with Crippen molar-refractivity contribution in [3.63, 3.8) is 0 Å². The summed E-state index contributed by atoms with van der Waals surface area (Å²) in [5, 5.41) is 6.38. The molecule has 2 rings (SSSR count). The number of nitrogens with two attached hydrogens (primary N) is 1. The Morgan fingerprint density at radius 2 is 1.90 bits per heavy atom. The van der Waals surface area contributed by atoms with E-state index < -0.39 is 11.2 Å². The summed E-state index contributed by atoms with van der Waals surface area (Å²) in [5.41, 5.74) is 5.61. The van der Waals surface area contributed by atoms with Crippen LogP contribution in [-0.4, -0.2) is 53.9 Å². The predicted octanol–water partition coefficient (Wildman–Crippen LogP) is 1.81. The van der Waals surface area contributed by atoms with Crippen LogP contribution in [0.5, 0.6) is 0 Å². The molecule has 0 radical (unpaired) electrons. The molecule has 0 bridgehead atoms. The van der Waals surface area contributed by atoms with Crippen molar-refractivity contribution in [1.82, 2.24) is 15.1 Å². The summed E-state index contributed by atoms with van der Waals surface area (Å²) < 4.78 is 37.6. The Kier molecular flexibility index (Phi) is 5.39. The van der Waals surface area contributed by atoms with Crippen molar-refractivity contribution in [2.75, 3.05) is 37.6 Å². The van der Waals surface area contributed by atoms with Gasteiger partial charge in [-0.15, -0.1) is 10.2 Å². The van der Waals surface area contributed by atoms with Crippen LogP contribution in [0.1, 0.15) is 24.8 Å². The van der Waals surface area contributed by atoms with Crippen LogP contribution >= 0.6 is 11.3 Å². The molecule has 1 aromatic heterocycles. The number of nitrogens with zero attached hydrogens (tertiary/aromatic N) is 4. The molecule has 0 saturated carbocycles. The predicted molar refractivity (Wildman–Crippen MR) is 76.4 cm³/mol.